The lowest BCUT2D eigenvalue weighted by Gasteiger charge is -2.35. The summed E-state index contributed by atoms with van der Waals surface area (Å²) < 4.78 is 25.8. The maximum absolute atomic E-state index is 12.9. The molecule has 0 N–H and O–H groups in total. The molecule has 1 aromatic heterocycles. The lowest BCUT2D eigenvalue weighted by molar-refractivity contribution is 0.271. The minimum absolute atomic E-state index is 0. The van der Waals surface area contributed by atoms with E-state index in [4.69, 9.17) is 0 Å². The summed E-state index contributed by atoms with van der Waals surface area (Å²) in [7, 11) is -3.56. The van der Waals surface area contributed by atoms with Crippen LogP contribution in [0.25, 0.3) is 10.9 Å². The molecule has 7 heteroatoms. The highest BCUT2D eigenvalue weighted by Gasteiger charge is 2.21. The van der Waals surface area contributed by atoms with Gasteiger partial charge in [-0.1, -0.05) is 37.3 Å². The summed E-state index contributed by atoms with van der Waals surface area (Å²) in [6, 6.07) is 16.2. The van der Waals surface area contributed by atoms with Gasteiger partial charge in [-0.2, -0.15) is 0 Å². The third-order valence-electron chi connectivity index (χ3n) is 5.19. The van der Waals surface area contributed by atoms with E-state index in [2.05, 4.69) is 27.8 Å². The summed E-state index contributed by atoms with van der Waals surface area (Å²) in [5.74, 6) is 0. The fourth-order valence-corrected chi connectivity index (χ4v) is 4.83. The smallest absolute Gasteiger partial charge is 0.208 e. The second-order valence-corrected chi connectivity index (χ2v) is 8.71. The number of fused-ring (bicyclic) bond motifs is 1. The second-order valence-electron chi connectivity index (χ2n) is 6.76. The largest absolute Gasteiger partial charge is 0.367 e. The zero-order valence-electron chi connectivity index (χ0n) is 15.8. The molecule has 0 atom stereocenters. The number of pyridine rings is 1. The van der Waals surface area contributed by atoms with E-state index in [-0.39, 0.29) is 22.2 Å². The van der Waals surface area contributed by atoms with Crippen LogP contribution in [0.2, 0.25) is 0 Å². The highest BCUT2D eigenvalue weighted by atomic mass is 35.5. The van der Waals surface area contributed by atoms with Crippen LogP contribution >= 0.6 is 12.4 Å². The maximum atomic E-state index is 12.9. The van der Waals surface area contributed by atoms with Crippen molar-refractivity contribution in [2.45, 2.75) is 16.7 Å². The number of rotatable bonds is 4. The quantitative estimate of drug-likeness (QED) is 0.648. The minimum atomic E-state index is -3.56. The molecule has 1 aliphatic heterocycles. The maximum Gasteiger partial charge on any atom is 0.208 e. The van der Waals surface area contributed by atoms with E-state index in [1.54, 1.807) is 30.3 Å². The molecule has 1 aliphatic rings. The van der Waals surface area contributed by atoms with Crippen molar-refractivity contribution in [3.8, 4) is 0 Å². The van der Waals surface area contributed by atoms with Gasteiger partial charge < -0.3 is 9.80 Å². The fourth-order valence-electron chi connectivity index (χ4n) is 3.57. The Morgan fingerprint density at radius 1 is 0.929 bits per heavy atom. The lowest BCUT2D eigenvalue weighted by atomic mass is 10.1. The Hall–Kier alpha value is -2.15. The lowest BCUT2D eigenvalue weighted by Crippen LogP contribution is -2.46. The average molecular weight is 418 g/mol. The van der Waals surface area contributed by atoms with Crippen LogP contribution in [0.5, 0.6) is 0 Å². The third-order valence-corrected chi connectivity index (χ3v) is 6.93. The topological polar surface area (TPSA) is 53.5 Å². The van der Waals surface area contributed by atoms with Gasteiger partial charge in [-0.15, -0.1) is 12.4 Å². The van der Waals surface area contributed by atoms with Crippen molar-refractivity contribution in [3.05, 3.63) is 60.8 Å². The van der Waals surface area contributed by atoms with E-state index >= 15 is 0 Å². The molecule has 4 rings (SSSR count). The number of hydrogen-bond donors (Lipinski definition) is 0. The molecule has 0 aliphatic carbocycles. The first-order chi connectivity index (χ1) is 13.1. The van der Waals surface area contributed by atoms with Crippen LogP contribution in [0.15, 0.2) is 70.6 Å². The van der Waals surface area contributed by atoms with Gasteiger partial charge in [-0.05, 0) is 30.8 Å². The van der Waals surface area contributed by atoms with Gasteiger partial charge in [0.15, 0.2) is 0 Å². The number of anilines is 1. The van der Waals surface area contributed by atoms with Crippen molar-refractivity contribution in [3.63, 3.8) is 0 Å². The van der Waals surface area contributed by atoms with E-state index in [0.29, 0.717) is 0 Å². The highest BCUT2D eigenvalue weighted by molar-refractivity contribution is 7.91. The Kier molecular flexibility index (Phi) is 6.23. The molecule has 0 unspecified atom stereocenters. The molecular weight excluding hydrogens is 394 g/mol. The molecule has 0 amide bonds. The van der Waals surface area contributed by atoms with Gasteiger partial charge in [-0.25, -0.2) is 8.42 Å². The zero-order chi connectivity index (χ0) is 18.9. The normalized spacial score (nSPS) is 15.4. The molecule has 1 saturated heterocycles. The fraction of sp³-hybridized carbons (Fsp3) is 0.286. The number of sulfone groups is 1. The van der Waals surface area contributed by atoms with E-state index in [1.165, 1.54) is 6.20 Å². The number of hydrogen-bond acceptors (Lipinski definition) is 5. The Morgan fingerprint density at radius 3 is 2.32 bits per heavy atom. The summed E-state index contributed by atoms with van der Waals surface area (Å²) in [5, 5.41) is 0.849. The Bertz CT molecular complexity index is 1050. The summed E-state index contributed by atoms with van der Waals surface area (Å²) >= 11 is 0. The van der Waals surface area contributed by atoms with Crippen LogP contribution in [0.1, 0.15) is 6.92 Å². The summed E-state index contributed by atoms with van der Waals surface area (Å²) in [6.07, 6.45) is 1.48. The van der Waals surface area contributed by atoms with Crippen molar-refractivity contribution in [1.29, 1.82) is 0 Å². The Morgan fingerprint density at radius 2 is 1.64 bits per heavy atom. The van der Waals surface area contributed by atoms with E-state index in [1.807, 2.05) is 18.2 Å². The number of likely N-dealkylation sites (N-methyl/N-ethyl adjacent to an activating group) is 1. The second kappa shape index (κ2) is 8.47. The van der Waals surface area contributed by atoms with E-state index in [9.17, 15) is 8.42 Å². The molecular formula is C21H24ClN3O2S. The molecule has 0 bridgehead atoms. The van der Waals surface area contributed by atoms with Gasteiger partial charge in [0.1, 0.15) is 0 Å². The molecule has 2 heterocycles. The van der Waals surface area contributed by atoms with Crippen LogP contribution in [0.3, 0.4) is 0 Å². The van der Waals surface area contributed by atoms with Crippen LogP contribution in [-0.2, 0) is 9.84 Å². The molecule has 28 heavy (non-hydrogen) atoms. The Balaban J connectivity index is 0.00000225. The third kappa shape index (κ3) is 3.85. The summed E-state index contributed by atoms with van der Waals surface area (Å²) in [5.41, 5.74) is 1.93. The van der Waals surface area contributed by atoms with Crippen molar-refractivity contribution < 1.29 is 8.42 Å². The van der Waals surface area contributed by atoms with Crippen molar-refractivity contribution in [2.24, 2.45) is 0 Å². The summed E-state index contributed by atoms with van der Waals surface area (Å²) in [6.45, 7) is 7.24. The monoisotopic (exact) mass is 417 g/mol. The number of para-hydroxylation sites is 1. The molecule has 0 spiro atoms. The predicted molar refractivity (Wildman–Crippen MR) is 115 cm³/mol. The van der Waals surface area contributed by atoms with Gasteiger partial charge in [-0.3, -0.25) is 4.98 Å². The van der Waals surface area contributed by atoms with Crippen molar-refractivity contribution in [1.82, 2.24) is 9.88 Å². The first-order valence-electron chi connectivity index (χ1n) is 9.26. The van der Waals surface area contributed by atoms with Crippen LogP contribution < -0.4 is 4.90 Å². The molecule has 5 nitrogen and oxygen atoms in total. The number of piperazine rings is 1. The zero-order valence-corrected chi connectivity index (χ0v) is 17.4. The van der Waals surface area contributed by atoms with Crippen molar-refractivity contribution in [2.75, 3.05) is 37.6 Å². The predicted octanol–water partition coefficient (Wildman–Crippen LogP) is 3.63. The number of nitrogens with zero attached hydrogens (tertiary/aromatic N) is 3. The molecule has 2 aromatic carbocycles. The number of halogens is 1. The van der Waals surface area contributed by atoms with Gasteiger partial charge >= 0.3 is 0 Å². The SMILES string of the molecule is CCN1CCN(c2cccc3cc(S(=O)(=O)c4ccccc4)cnc23)CC1.Cl. The van der Waals surface area contributed by atoms with Crippen LogP contribution in [0, 0.1) is 0 Å². The first-order valence-corrected chi connectivity index (χ1v) is 10.7. The molecule has 1 fully saturated rings. The highest BCUT2D eigenvalue weighted by Crippen LogP contribution is 2.29. The van der Waals surface area contributed by atoms with Crippen molar-refractivity contribution >= 4 is 38.8 Å². The first kappa shape index (κ1) is 20.6. The van der Waals surface area contributed by atoms with Crippen LogP contribution in [-0.4, -0.2) is 51.0 Å². The minimum Gasteiger partial charge on any atom is -0.367 e. The molecule has 0 saturated carbocycles. The summed E-state index contributed by atoms with van der Waals surface area (Å²) in [4.78, 5) is 9.84. The number of benzene rings is 2. The van der Waals surface area contributed by atoms with Gasteiger partial charge in [0, 0.05) is 37.8 Å². The molecule has 3 aromatic rings. The average Bonchev–Trinajstić information content (AvgIpc) is 2.73. The number of aromatic nitrogens is 1. The van der Waals surface area contributed by atoms with Gasteiger partial charge in [0.05, 0.1) is 21.0 Å². The Labute approximate surface area is 172 Å². The van der Waals surface area contributed by atoms with E-state index in [0.717, 1.165) is 49.3 Å². The molecule has 0 radical (unpaired) electrons. The van der Waals surface area contributed by atoms with E-state index < -0.39 is 9.84 Å². The van der Waals surface area contributed by atoms with Gasteiger partial charge in [0.2, 0.25) is 9.84 Å². The van der Waals surface area contributed by atoms with Gasteiger partial charge in [0.25, 0.3) is 0 Å². The standard InChI is InChI=1S/C21H23N3O2S.ClH/c1-2-23-11-13-24(14-12-23)20-10-6-7-17-15-19(16-22-21(17)20)27(25,26)18-8-4-3-5-9-18;/h3-10,15-16H,2,11-14H2,1H3;1H. The van der Waals surface area contributed by atoms with Crippen LogP contribution in [0.4, 0.5) is 5.69 Å². The molecule has 148 valence electrons.